The average molecular weight is 546 g/mol. The van der Waals surface area contributed by atoms with E-state index in [4.69, 9.17) is 4.74 Å². The van der Waals surface area contributed by atoms with E-state index in [-0.39, 0.29) is 11.8 Å². The Balaban J connectivity index is 1.27. The molecule has 0 radical (unpaired) electrons. The molecule has 1 aliphatic heterocycles. The van der Waals surface area contributed by atoms with Crippen LogP contribution in [-0.4, -0.2) is 77.0 Å². The summed E-state index contributed by atoms with van der Waals surface area (Å²) in [6.45, 7) is 10.0. The molecule has 212 valence electrons. The van der Waals surface area contributed by atoms with Crippen LogP contribution in [0.3, 0.4) is 0 Å². The number of carbonyl (C=O) groups excluding carboxylic acids is 2. The Morgan fingerprint density at radius 1 is 1.02 bits per heavy atom. The molecule has 10 heteroatoms. The SMILES string of the molecule is CCC(=O)N1CCOC(C(=O)NCCN(CC)Cc2cccc(Nc3cc(Nc4ccc(C)cc4)ncn3)c2)C1. The van der Waals surface area contributed by atoms with Gasteiger partial charge in [0.15, 0.2) is 6.10 Å². The highest BCUT2D eigenvalue weighted by Gasteiger charge is 2.28. The number of nitrogens with zero attached hydrogens (tertiary/aromatic N) is 4. The smallest absolute Gasteiger partial charge is 0.251 e. The Hall–Kier alpha value is -4.02. The summed E-state index contributed by atoms with van der Waals surface area (Å²) < 4.78 is 5.61. The molecule has 2 amide bonds. The average Bonchev–Trinajstić information content (AvgIpc) is 2.97. The zero-order chi connectivity index (χ0) is 28.3. The van der Waals surface area contributed by atoms with Crippen molar-refractivity contribution in [2.75, 3.05) is 50.0 Å². The van der Waals surface area contributed by atoms with E-state index in [2.05, 4.69) is 68.9 Å². The minimum Gasteiger partial charge on any atom is -0.365 e. The van der Waals surface area contributed by atoms with Crippen molar-refractivity contribution >= 4 is 34.8 Å². The first-order chi connectivity index (χ1) is 19.4. The Morgan fingerprint density at radius 2 is 1.77 bits per heavy atom. The number of benzene rings is 2. The topological polar surface area (TPSA) is 112 Å². The lowest BCUT2D eigenvalue weighted by Gasteiger charge is -2.32. The first-order valence-electron chi connectivity index (χ1n) is 13.8. The predicted molar refractivity (Wildman–Crippen MR) is 157 cm³/mol. The molecule has 0 bridgehead atoms. The number of nitrogens with one attached hydrogen (secondary N) is 3. The van der Waals surface area contributed by atoms with E-state index in [1.54, 1.807) is 4.90 Å². The van der Waals surface area contributed by atoms with Crippen molar-refractivity contribution in [3.05, 3.63) is 72.1 Å². The maximum Gasteiger partial charge on any atom is 0.251 e. The number of hydrogen-bond acceptors (Lipinski definition) is 8. The molecule has 0 spiro atoms. The molecule has 0 saturated carbocycles. The van der Waals surface area contributed by atoms with Gasteiger partial charge in [-0.1, -0.05) is 43.7 Å². The summed E-state index contributed by atoms with van der Waals surface area (Å²) in [6.07, 6.45) is 1.35. The predicted octanol–water partition coefficient (Wildman–Crippen LogP) is 3.85. The van der Waals surface area contributed by atoms with Gasteiger partial charge in [0.25, 0.3) is 5.91 Å². The minimum atomic E-state index is -0.614. The summed E-state index contributed by atoms with van der Waals surface area (Å²) >= 11 is 0. The number of ether oxygens (including phenoxy) is 1. The van der Waals surface area contributed by atoms with E-state index >= 15 is 0 Å². The number of aryl methyl sites for hydroxylation is 1. The first kappa shape index (κ1) is 29.0. The van der Waals surface area contributed by atoms with Crippen LogP contribution in [0.5, 0.6) is 0 Å². The van der Waals surface area contributed by atoms with Gasteiger partial charge in [0.1, 0.15) is 18.0 Å². The van der Waals surface area contributed by atoms with Crippen LogP contribution < -0.4 is 16.0 Å². The third-order valence-corrected chi connectivity index (χ3v) is 6.79. The Bertz CT molecular complexity index is 1270. The van der Waals surface area contributed by atoms with Crippen LogP contribution in [-0.2, 0) is 20.9 Å². The van der Waals surface area contributed by atoms with E-state index in [1.165, 1.54) is 11.9 Å². The fraction of sp³-hybridized carbons (Fsp3) is 0.400. The van der Waals surface area contributed by atoms with Crippen molar-refractivity contribution in [3.8, 4) is 0 Å². The van der Waals surface area contributed by atoms with Crippen LogP contribution in [0.2, 0.25) is 0 Å². The fourth-order valence-corrected chi connectivity index (χ4v) is 4.49. The molecule has 1 unspecified atom stereocenters. The van der Waals surface area contributed by atoms with Crippen LogP contribution in [0, 0.1) is 6.92 Å². The number of amides is 2. The third-order valence-electron chi connectivity index (χ3n) is 6.79. The molecule has 1 saturated heterocycles. The van der Waals surface area contributed by atoms with Crippen LogP contribution in [0.1, 0.15) is 31.4 Å². The van der Waals surface area contributed by atoms with Gasteiger partial charge in [0.2, 0.25) is 5.91 Å². The lowest BCUT2D eigenvalue weighted by molar-refractivity contribution is -0.147. The zero-order valence-electron chi connectivity index (χ0n) is 23.5. The van der Waals surface area contributed by atoms with Gasteiger partial charge in [-0.05, 0) is 43.3 Å². The summed E-state index contributed by atoms with van der Waals surface area (Å²) in [5.41, 5.74) is 4.25. The van der Waals surface area contributed by atoms with E-state index in [0.717, 1.165) is 30.0 Å². The highest BCUT2D eigenvalue weighted by molar-refractivity contribution is 5.83. The van der Waals surface area contributed by atoms with Crippen molar-refractivity contribution in [3.63, 3.8) is 0 Å². The van der Waals surface area contributed by atoms with Gasteiger partial charge in [-0.25, -0.2) is 9.97 Å². The van der Waals surface area contributed by atoms with Gasteiger partial charge in [0.05, 0.1) is 13.2 Å². The summed E-state index contributed by atoms with van der Waals surface area (Å²) in [5.74, 6) is 1.28. The normalized spacial score (nSPS) is 15.1. The molecule has 4 rings (SSSR count). The van der Waals surface area contributed by atoms with Crippen molar-refractivity contribution in [2.24, 2.45) is 0 Å². The Kier molecular flexibility index (Phi) is 10.4. The summed E-state index contributed by atoms with van der Waals surface area (Å²) in [5, 5.41) is 9.65. The lowest BCUT2D eigenvalue weighted by atomic mass is 10.2. The standard InChI is InChI=1S/C30H39N7O3/c1-4-29(38)37-15-16-40-26(20-37)30(39)31-13-14-36(5-2)19-23-7-6-8-25(17-23)35-28-18-27(32-21-33-28)34-24-11-9-22(3)10-12-24/h6-12,17-18,21,26H,4-5,13-16,19-20H2,1-3H3,(H,31,39)(H2,32,33,34,35). The third kappa shape index (κ3) is 8.49. The van der Waals surface area contributed by atoms with Gasteiger partial charge in [-0.15, -0.1) is 0 Å². The van der Waals surface area contributed by atoms with Crippen molar-refractivity contribution in [1.29, 1.82) is 0 Å². The molecule has 1 aliphatic rings. The van der Waals surface area contributed by atoms with Gasteiger partial charge < -0.3 is 25.6 Å². The molecule has 3 aromatic rings. The Labute approximate surface area is 236 Å². The number of morpholine rings is 1. The second-order valence-corrected chi connectivity index (χ2v) is 9.82. The van der Waals surface area contributed by atoms with Gasteiger partial charge in [0, 0.05) is 50.0 Å². The zero-order valence-corrected chi connectivity index (χ0v) is 23.5. The molecule has 0 aliphatic carbocycles. The molecule has 1 aromatic heterocycles. The molecule has 1 fully saturated rings. The van der Waals surface area contributed by atoms with Gasteiger partial charge >= 0.3 is 0 Å². The van der Waals surface area contributed by atoms with Crippen LogP contribution >= 0.6 is 0 Å². The quantitative estimate of drug-likeness (QED) is 0.315. The van der Waals surface area contributed by atoms with Gasteiger partial charge in [-0.2, -0.15) is 0 Å². The molecule has 10 nitrogen and oxygen atoms in total. The number of hydrogen-bond donors (Lipinski definition) is 3. The van der Waals surface area contributed by atoms with Crippen molar-refractivity contribution in [1.82, 2.24) is 25.1 Å². The summed E-state index contributed by atoms with van der Waals surface area (Å²) in [6, 6.07) is 18.2. The molecule has 3 N–H and O–H groups in total. The second-order valence-electron chi connectivity index (χ2n) is 9.82. The highest BCUT2D eigenvalue weighted by Crippen LogP contribution is 2.21. The summed E-state index contributed by atoms with van der Waals surface area (Å²) in [4.78, 5) is 37.3. The number of likely N-dealkylation sites (N-methyl/N-ethyl adjacent to an activating group) is 1. The first-order valence-corrected chi connectivity index (χ1v) is 13.8. The molecular weight excluding hydrogens is 506 g/mol. The van der Waals surface area contributed by atoms with Crippen LogP contribution in [0.15, 0.2) is 60.9 Å². The number of rotatable bonds is 12. The molecule has 40 heavy (non-hydrogen) atoms. The van der Waals surface area contributed by atoms with Gasteiger partial charge in [-0.3, -0.25) is 14.5 Å². The maximum atomic E-state index is 12.6. The molecule has 2 aromatic carbocycles. The number of carbonyl (C=O) groups is 2. The minimum absolute atomic E-state index is 0.0500. The molecular formula is C30H39N7O3. The van der Waals surface area contributed by atoms with Crippen LogP contribution in [0.4, 0.5) is 23.0 Å². The largest absolute Gasteiger partial charge is 0.365 e. The van der Waals surface area contributed by atoms with Crippen LogP contribution in [0.25, 0.3) is 0 Å². The lowest BCUT2D eigenvalue weighted by Crippen LogP contribution is -2.52. The number of aromatic nitrogens is 2. The summed E-state index contributed by atoms with van der Waals surface area (Å²) in [7, 11) is 0. The Morgan fingerprint density at radius 3 is 2.50 bits per heavy atom. The molecule has 1 atom stereocenters. The second kappa shape index (κ2) is 14.4. The highest BCUT2D eigenvalue weighted by atomic mass is 16.5. The van der Waals surface area contributed by atoms with E-state index in [1.807, 2.05) is 37.3 Å². The van der Waals surface area contributed by atoms with Crippen molar-refractivity contribution < 1.29 is 14.3 Å². The molecule has 2 heterocycles. The fourth-order valence-electron chi connectivity index (χ4n) is 4.49. The van der Waals surface area contributed by atoms with E-state index in [0.29, 0.717) is 50.8 Å². The monoisotopic (exact) mass is 545 g/mol. The van der Waals surface area contributed by atoms with E-state index in [9.17, 15) is 9.59 Å². The maximum absolute atomic E-state index is 12.6. The van der Waals surface area contributed by atoms with Crippen molar-refractivity contribution in [2.45, 2.75) is 39.8 Å². The number of anilines is 4. The van der Waals surface area contributed by atoms with E-state index < -0.39 is 6.10 Å².